The maximum atomic E-state index is 12.2. The first kappa shape index (κ1) is 11.3. The summed E-state index contributed by atoms with van der Waals surface area (Å²) in [5.41, 5.74) is -0.399. The van der Waals surface area contributed by atoms with Gasteiger partial charge in [-0.2, -0.15) is 18.3 Å². The Hall–Kier alpha value is -0.780. The minimum absolute atomic E-state index is 0.532. The summed E-state index contributed by atoms with van der Waals surface area (Å²) < 4.78 is 36.7. The van der Waals surface area contributed by atoms with Gasteiger partial charge in [-0.1, -0.05) is 6.92 Å². The highest BCUT2D eigenvalue weighted by molar-refractivity contribution is 7.99. The van der Waals surface area contributed by atoms with Crippen LogP contribution in [0.5, 0.6) is 0 Å². The molecule has 0 aliphatic carbocycles. The highest BCUT2D eigenvalue weighted by Crippen LogP contribution is 2.30. The van der Waals surface area contributed by atoms with E-state index in [1.165, 1.54) is 11.8 Å². The average molecular weight is 222 g/mol. The van der Waals surface area contributed by atoms with Crippen molar-refractivity contribution in [1.29, 1.82) is 0 Å². The van der Waals surface area contributed by atoms with Gasteiger partial charge in [-0.25, -0.2) is 0 Å². The van der Waals surface area contributed by atoms with Gasteiger partial charge in [-0.3, -0.25) is 0 Å². The van der Waals surface area contributed by atoms with Crippen LogP contribution in [0, 0.1) is 6.92 Å². The molecule has 0 bridgehead atoms. The van der Waals surface area contributed by atoms with Crippen LogP contribution in [-0.2, 0) is 6.18 Å². The van der Waals surface area contributed by atoms with Crippen LogP contribution in [0.4, 0.5) is 13.2 Å². The van der Waals surface area contributed by atoms with Crippen molar-refractivity contribution in [3.05, 3.63) is 17.5 Å². The number of hydrogen-bond acceptors (Lipinski definition) is 3. The monoisotopic (exact) mass is 222 g/mol. The summed E-state index contributed by atoms with van der Waals surface area (Å²) in [6, 6.07) is 1.04. The summed E-state index contributed by atoms with van der Waals surface area (Å²) in [6.45, 7) is 3.52. The summed E-state index contributed by atoms with van der Waals surface area (Å²) in [6.07, 6.45) is -4.41. The van der Waals surface area contributed by atoms with Crippen molar-refractivity contribution in [2.75, 3.05) is 5.75 Å². The van der Waals surface area contributed by atoms with Crippen molar-refractivity contribution in [2.45, 2.75) is 24.9 Å². The molecule has 0 N–H and O–H groups in total. The van der Waals surface area contributed by atoms with Crippen LogP contribution in [0.15, 0.2) is 11.0 Å². The van der Waals surface area contributed by atoms with Crippen molar-refractivity contribution in [1.82, 2.24) is 10.2 Å². The molecule has 0 amide bonds. The molecule has 14 heavy (non-hydrogen) atoms. The van der Waals surface area contributed by atoms with Gasteiger partial charge < -0.3 is 0 Å². The molecule has 0 fully saturated rings. The predicted molar refractivity (Wildman–Crippen MR) is 48.2 cm³/mol. The van der Waals surface area contributed by atoms with Crippen molar-refractivity contribution < 1.29 is 13.2 Å². The topological polar surface area (TPSA) is 25.8 Å². The Morgan fingerprint density at radius 3 is 2.50 bits per heavy atom. The van der Waals surface area contributed by atoms with Crippen molar-refractivity contribution in [3.8, 4) is 0 Å². The molecule has 1 aromatic rings. The number of halogens is 3. The second-order valence-electron chi connectivity index (χ2n) is 2.61. The molecule has 0 saturated carbocycles. The molecular formula is C8H9F3N2S. The third kappa shape index (κ3) is 2.60. The molecule has 0 aliphatic rings. The van der Waals surface area contributed by atoms with Crippen LogP contribution in [0.2, 0.25) is 0 Å². The largest absolute Gasteiger partial charge is 0.435 e. The van der Waals surface area contributed by atoms with Gasteiger partial charge in [0.2, 0.25) is 0 Å². The quantitative estimate of drug-likeness (QED) is 0.719. The van der Waals surface area contributed by atoms with E-state index < -0.39 is 11.9 Å². The Bertz CT molecular complexity index is 325. The number of nitrogens with zero attached hydrogens (tertiary/aromatic N) is 2. The van der Waals surface area contributed by atoms with Gasteiger partial charge >= 0.3 is 6.18 Å². The molecule has 0 radical (unpaired) electrons. The van der Waals surface area contributed by atoms with E-state index in [2.05, 4.69) is 10.2 Å². The average Bonchev–Trinajstić information content (AvgIpc) is 2.07. The Morgan fingerprint density at radius 2 is 2.00 bits per heavy atom. The fraction of sp³-hybridized carbons (Fsp3) is 0.500. The number of aryl methyl sites for hydroxylation is 1. The summed E-state index contributed by atoms with van der Waals surface area (Å²) in [4.78, 5) is 0.537. The molecule has 0 atom stereocenters. The van der Waals surface area contributed by atoms with Gasteiger partial charge in [0.1, 0.15) is 0 Å². The lowest BCUT2D eigenvalue weighted by Crippen LogP contribution is -2.10. The molecule has 0 aliphatic heterocycles. The lowest BCUT2D eigenvalue weighted by molar-refractivity contribution is -0.142. The highest BCUT2D eigenvalue weighted by atomic mass is 32.2. The third-order valence-corrected chi connectivity index (χ3v) is 2.54. The highest BCUT2D eigenvalue weighted by Gasteiger charge is 2.33. The van der Waals surface area contributed by atoms with Gasteiger partial charge in [-0.15, -0.1) is 16.9 Å². The molecule has 0 saturated heterocycles. The maximum Gasteiger partial charge on any atom is 0.435 e. The Kier molecular flexibility index (Phi) is 3.36. The first-order valence-electron chi connectivity index (χ1n) is 3.99. The molecule has 0 spiro atoms. The fourth-order valence-corrected chi connectivity index (χ4v) is 1.63. The maximum absolute atomic E-state index is 12.2. The minimum Gasteiger partial charge on any atom is -0.164 e. The van der Waals surface area contributed by atoms with Gasteiger partial charge in [0.15, 0.2) is 5.69 Å². The molecule has 1 rings (SSSR count). The summed E-state index contributed by atoms with van der Waals surface area (Å²) in [5, 5.41) is 6.58. The number of alkyl halides is 3. The van der Waals surface area contributed by atoms with Crippen molar-refractivity contribution >= 4 is 11.8 Å². The van der Waals surface area contributed by atoms with Crippen LogP contribution in [-0.4, -0.2) is 16.0 Å². The Labute approximate surface area is 83.9 Å². The van der Waals surface area contributed by atoms with Crippen molar-refractivity contribution in [3.63, 3.8) is 0 Å². The van der Waals surface area contributed by atoms with Crippen LogP contribution >= 0.6 is 11.8 Å². The SMILES string of the molecule is CCSc1cc(C(F)(F)F)nnc1C. The van der Waals surface area contributed by atoms with Gasteiger partial charge in [0.05, 0.1) is 5.69 Å². The van der Waals surface area contributed by atoms with E-state index in [1.807, 2.05) is 6.92 Å². The third-order valence-electron chi connectivity index (χ3n) is 1.52. The molecule has 78 valence electrons. The summed E-state index contributed by atoms with van der Waals surface area (Å²) in [7, 11) is 0. The smallest absolute Gasteiger partial charge is 0.164 e. The van der Waals surface area contributed by atoms with Gasteiger partial charge in [0, 0.05) is 4.90 Å². The Balaban J connectivity index is 3.06. The molecule has 0 unspecified atom stereocenters. The lowest BCUT2D eigenvalue weighted by Gasteiger charge is -2.07. The molecule has 1 aromatic heterocycles. The normalized spacial score (nSPS) is 11.8. The Morgan fingerprint density at radius 1 is 1.36 bits per heavy atom. The van der Waals surface area contributed by atoms with Gasteiger partial charge in [0.25, 0.3) is 0 Å². The fourth-order valence-electron chi connectivity index (χ4n) is 0.876. The van der Waals surface area contributed by atoms with Gasteiger partial charge in [-0.05, 0) is 18.7 Å². The summed E-state index contributed by atoms with van der Waals surface area (Å²) >= 11 is 1.33. The van der Waals surface area contributed by atoms with E-state index >= 15 is 0 Å². The van der Waals surface area contributed by atoms with E-state index in [4.69, 9.17) is 0 Å². The van der Waals surface area contributed by atoms with Crippen LogP contribution < -0.4 is 0 Å². The van der Waals surface area contributed by atoms with E-state index in [1.54, 1.807) is 6.92 Å². The van der Waals surface area contributed by atoms with E-state index in [-0.39, 0.29) is 0 Å². The number of hydrogen-bond donors (Lipinski definition) is 0. The zero-order valence-corrected chi connectivity index (χ0v) is 8.54. The van der Waals surface area contributed by atoms with Crippen molar-refractivity contribution in [2.24, 2.45) is 0 Å². The van der Waals surface area contributed by atoms with E-state index in [0.29, 0.717) is 16.3 Å². The number of rotatable bonds is 2. The molecule has 6 heteroatoms. The summed E-state index contributed by atoms with van der Waals surface area (Å²) in [5.74, 6) is 0.712. The first-order valence-corrected chi connectivity index (χ1v) is 4.98. The lowest BCUT2D eigenvalue weighted by atomic mass is 10.3. The number of aromatic nitrogens is 2. The number of thioether (sulfide) groups is 1. The first-order chi connectivity index (χ1) is 6.45. The van der Waals surface area contributed by atoms with E-state index in [9.17, 15) is 13.2 Å². The van der Waals surface area contributed by atoms with Crippen LogP contribution in [0.3, 0.4) is 0 Å². The zero-order valence-electron chi connectivity index (χ0n) is 7.72. The molecular weight excluding hydrogens is 213 g/mol. The zero-order chi connectivity index (χ0) is 10.8. The van der Waals surface area contributed by atoms with E-state index in [0.717, 1.165) is 6.07 Å². The molecule has 1 heterocycles. The second kappa shape index (κ2) is 4.16. The molecule has 2 nitrogen and oxygen atoms in total. The standard InChI is InChI=1S/C8H9F3N2S/c1-3-14-6-4-7(8(9,10)11)13-12-5(6)2/h4H,3H2,1-2H3. The van der Waals surface area contributed by atoms with Crippen LogP contribution in [0.1, 0.15) is 18.3 Å². The minimum atomic E-state index is -4.41. The predicted octanol–water partition coefficient (Wildman–Crippen LogP) is 2.92. The second-order valence-corrected chi connectivity index (χ2v) is 3.92. The molecule has 0 aromatic carbocycles. The van der Waals surface area contributed by atoms with Crippen LogP contribution in [0.25, 0.3) is 0 Å².